The first-order chi connectivity index (χ1) is 12.5. The van der Waals surface area contributed by atoms with Crippen molar-refractivity contribution in [2.24, 2.45) is 11.8 Å². The number of amides is 2. The molecule has 1 aromatic rings. The Balaban J connectivity index is 1.44. The number of benzene rings is 1. The molecule has 2 N–H and O–H groups in total. The van der Waals surface area contributed by atoms with E-state index >= 15 is 0 Å². The zero-order chi connectivity index (χ0) is 18.5. The first-order valence-corrected chi connectivity index (χ1v) is 9.57. The van der Waals surface area contributed by atoms with E-state index < -0.39 is 0 Å². The lowest BCUT2D eigenvalue weighted by atomic mass is 9.92. The molecule has 26 heavy (non-hydrogen) atoms. The van der Waals surface area contributed by atoms with Crippen LogP contribution in [0.15, 0.2) is 18.2 Å². The van der Waals surface area contributed by atoms with Gasteiger partial charge >= 0.3 is 0 Å². The minimum atomic E-state index is -0.249. The number of piperidine rings is 2. The van der Waals surface area contributed by atoms with Gasteiger partial charge in [0.15, 0.2) is 0 Å². The van der Waals surface area contributed by atoms with E-state index in [0.29, 0.717) is 38.0 Å². The highest BCUT2D eigenvalue weighted by Crippen LogP contribution is 2.22. The Bertz CT molecular complexity index is 650. The monoisotopic (exact) mass is 361 g/mol. The second kappa shape index (κ2) is 8.62. The van der Waals surface area contributed by atoms with Crippen LogP contribution in [0.25, 0.3) is 0 Å². The maximum Gasteiger partial charge on any atom is 0.225 e. The van der Waals surface area contributed by atoms with E-state index in [1.54, 1.807) is 13.0 Å². The molecule has 1 aromatic carbocycles. The van der Waals surface area contributed by atoms with Crippen molar-refractivity contribution >= 4 is 11.8 Å². The SMILES string of the molecule is Cc1ccc(CNC(=O)C2CCN(C(=O)C3CCNCC3)CC2)cc1F. The summed E-state index contributed by atoms with van der Waals surface area (Å²) in [4.78, 5) is 26.9. The van der Waals surface area contributed by atoms with Crippen molar-refractivity contribution in [3.05, 3.63) is 35.1 Å². The predicted molar refractivity (Wildman–Crippen MR) is 97.9 cm³/mol. The number of halogens is 1. The molecule has 2 aliphatic heterocycles. The number of carbonyl (C=O) groups is 2. The van der Waals surface area contributed by atoms with Crippen molar-refractivity contribution in [2.75, 3.05) is 26.2 Å². The van der Waals surface area contributed by atoms with Crippen molar-refractivity contribution in [1.29, 1.82) is 0 Å². The molecule has 2 aliphatic rings. The van der Waals surface area contributed by atoms with E-state index in [-0.39, 0.29) is 29.5 Å². The number of aryl methyl sites for hydroxylation is 1. The van der Waals surface area contributed by atoms with Crippen LogP contribution in [0.1, 0.15) is 36.8 Å². The standard InChI is InChI=1S/C20H28FN3O2/c1-14-2-3-15(12-18(14)21)13-23-19(25)16-6-10-24(11-7-16)20(26)17-4-8-22-9-5-17/h2-3,12,16-17,22H,4-11,13H2,1H3,(H,23,25). The van der Waals surface area contributed by atoms with Crippen LogP contribution >= 0.6 is 0 Å². The third kappa shape index (κ3) is 4.61. The molecular weight excluding hydrogens is 333 g/mol. The van der Waals surface area contributed by atoms with Gasteiger partial charge in [-0.1, -0.05) is 12.1 Å². The van der Waals surface area contributed by atoms with Gasteiger partial charge in [-0.05, 0) is 62.9 Å². The molecule has 0 atom stereocenters. The quantitative estimate of drug-likeness (QED) is 0.862. The number of nitrogens with one attached hydrogen (secondary N) is 2. The summed E-state index contributed by atoms with van der Waals surface area (Å²) in [5.74, 6) is 0.0716. The summed E-state index contributed by atoms with van der Waals surface area (Å²) in [6.07, 6.45) is 3.22. The van der Waals surface area contributed by atoms with Crippen molar-refractivity contribution in [2.45, 2.75) is 39.2 Å². The average molecular weight is 361 g/mol. The van der Waals surface area contributed by atoms with E-state index in [9.17, 15) is 14.0 Å². The molecule has 6 heteroatoms. The zero-order valence-electron chi connectivity index (χ0n) is 15.4. The Morgan fingerprint density at radius 1 is 1.15 bits per heavy atom. The van der Waals surface area contributed by atoms with Gasteiger partial charge in [-0.3, -0.25) is 9.59 Å². The van der Waals surface area contributed by atoms with Gasteiger partial charge in [-0.2, -0.15) is 0 Å². The molecule has 0 unspecified atom stereocenters. The van der Waals surface area contributed by atoms with Crippen molar-refractivity contribution in [3.63, 3.8) is 0 Å². The van der Waals surface area contributed by atoms with Crippen LogP contribution in [0.5, 0.6) is 0 Å². The fourth-order valence-corrected chi connectivity index (χ4v) is 3.77. The van der Waals surface area contributed by atoms with Gasteiger partial charge in [-0.25, -0.2) is 4.39 Å². The summed E-state index contributed by atoms with van der Waals surface area (Å²) in [5, 5.41) is 6.19. The number of hydrogen-bond acceptors (Lipinski definition) is 3. The summed E-state index contributed by atoms with van der Waals surface area (Å²) in [6, 6.07) is 5.02. The third-order valence-electron chi connectivity index (χ3n) is 5.57. The smallest absolute Gasteiger partial charge is 0.225 e. The van der Waals surface area contributed by atoms with Crippen molar-refractivity contribution in [1.82, 2.24) is 15.5 Å². The van der Waals surface area contributed by atoms with Crippen LogP contribution in [0.2, 0.25) is 0 Å². The summed E-state index contributed by atoms with van der Waals surface area (Å²) >= 11 is 0. The molecule has 3 rings (SSSR count). The van der Waals surface area contributed by atoms with Gasteiger partial charge in [0.1, 0.15) is 5.82 Å². The average Bonchev–Trinajstić information content (AvgIpc) is 2.69. The van der Waals surface area contributed by atoms with Gasteiger partial charge in [0.25, 0.3) is 0 Å². The molecule has 0 spiro atoms. The number of rotatable bonds is 4. The lowest BCUT2D eigenvalue weighted by Crippen LogP contribution is -2.46. The summed E-state index contributed by atoms with van der Waals surface area (Å²) in [6.45, 7) is 5.19. The van der Waals surface area contributed by atoms with Crippen LogP contribution in [0, 0.1) is 24.6 Å². The van der Waals surface area contributed by atoms with Gasteiger partial charge < -0.3 is 15.5 Å². The second-order valence-corrected chi connectivity index (χ2v) is 7.43. The highest BCUT2D eigenvalue weighted by molar-refractivity contribution is 5.81. The normalized spacial score (nSPS) is 19.4. The summed E-state index contributed by atoms with van der Waals surface area (Å²) < 4.78 is 13.6. The fourth-order valence-electron chi connectivity index (χ4n) is 3.77. The Labute approximate surface area is 154 Å². The van der Waals surface area contributed by atoms with Gasteiger partial charge in [-0.15, -0.1) is 0 Å². The molecule has 2 fully saturated rings. The van der Waals surface area contributed by atoms with Crippen LogP contribution < -0.4 is 10.6 Å². The Hall–Kier alpha value is -1.95. The molecular formula is C20H28FN3O2. The van der Waals surface area contributed by atoms with E-state index in [4.69, 9.17) is 0 Å². The van der Waals surface area contributed by atoms with E-state index in [1.807, 2.05) is 11.0 Å². The maximum atomic E-state index is 13.6. The summed E-state index contributed by atoms with van der Waals surface area (Å²) in [5.41, 5.74) is 1.37. The van der Waals surface area contributed by atoms with Crippen LogP contribution in [0.4, 0.5) is 4.39 Å². The lowest BCUT2D eigenvalue weighted by Gasteiger charge is -2.34. The minimum Gasteiger partial charge on any atom is -0.352 e. The predicted octanol–water partition coefficient (Wildman–Crippen LogP) is 1.99. The molecule has 2 amide bonds. The minimum absolute atomic E-state index is 0.0000477. The lowest BCUT2D eigenvalue weighted by molar-refractivity contribution is -0.139. The number of hydrogen-bond donors (Lipinski definition) is 2. The summed E-state index contributed by atoms with van der Waals surface area (Å²) in [7, 11) is 0. The van der Waals surface area contributed by atoms with Gasteiger partial charge in [0.05, 0.1) is 0 Å². The highest BCUT2D eigenvalue weighted by Gasteiger charge is 2.31. The Kier molecular flexibility index (Phi) is 6.25. The Morgan fingerprint density at radius 2 is 1.85 bits per heavy atom. The van der Waals surface area contributed by atoms with Gasteiger partial charge in [0, 0.05) is 31.5 Å². The topological polar surface area (TPSA) is 61.4 Å². The van der Waals surface area contributed by atoms with Crippen LogP contribution in [-0.2, 0) is 16.1 Å². The number of likely N-dealkylation sites (tertiary alicyclic amines) is 1. The molecule has 0 bridgehead atoms. The molecule has 2 saturated heterocycles. The first kappa shape index (κ1) is 18.8. The Morgan fingerprint density at radius 3 is 2.50 bits per heavy atom. The number of carbonyl (C=O) groups excluding carboxylic acids is 2. The van der Waals surface area contributed by atoms with Crippen LogP contribution in [0.3, 0.4) is 0 Å². The van der Waals surface area contributed by atoms with E-state index in [1.165, 1.54) is 6.07 Å². The second-order valence-electron chi connectivity index (χ2n) is 7.43. The largest absolute Gasteiger partial charge is 0.352 e. The molecule has 5 nitrogen and oxygen atoms in total. The van der Waals surface area contributed by atoms with Crippen molar-refractivity contribution < 1.29 is 14.0 Å². The van der Waals surface area contributed by atoms with E-state index in [0.717, 1.165) is 31.5 Å². The van der Waals surface area contributed by atoms with Crippen molar-refractivity contribution in [3.8, 4) is 0 Å². The maximum absolute atomic E-state index is 13.6. The molecule has 0 saturated carbocycles. The number of nitrogens with zero attached hydrogens (tertiary/aromatic N) is 1. The molecule has 142 valence electrons. The molecule has 0 aromatic heterocycles. The van der Waals surface area contributed by atoms with Gasteiger partial charge in [0.2, 0.25) is 11.8 Å². The fraction of sp³-hybridized carbons (Fsp3) is 0.600. The van der Waals surface area contributed by atoms with E-state index in [2.05, 4.69) is 10.6 Å². The highest BCUT2D eigenvalue weighted by atomic mass is 19.1. The first-order valence-electron chi connectivity index (χ1n) is 9.57. The third-order valence-corrected chi connectivity index (χ3v) is 5.57. The molecule has 0 aliphatic carbocycles. The molecule has 0 radical (unpaired) electrons. The zero-order valence-corrected chi connectivity index (χ0v) is 15.4. The molecule has 2 heterocycles. The van der Waals surface area contributed by atoms with Crippen LogP contribution in [-0.4, -0.2) is 42.9 Å².